The minimum Gasteiger partial charge on any atom is -0.356 e. The molecular weight excluding hydrogens is 270 g/mol. The average molecular weight is 295 g/mol. The maximum Gasteiger partial charge on any atom is 0.191 e. The van der Waals surface area contributed by atoms with E-state index in [1.165, 1.54) is 6.26 Å². The quantitative estimate of drug-likeness (QED) is 0.411. The van der Waals surface area contributed by atoms with Crippen molar-refractivity contribution in [3.05, 3.63) is 0 Å². The molecule has 0 atom stereocenters. The van der Waals surface area contributed by atoms with Gasteiger partial charge < -0.3 is 10.6 Å². The minimum absolute atomic E-state index is 0.143. The molecule has 0 aromatic carbocycles. The molecule has 0 aromatic heterocycles. The molecule has 0 aliphatic carbocycles. The zero-order valence-corrected chi connectivity index (χ0v) is 13.5. The van der Waals surface area contributed by atoms with Crippen LogP contribution < -0.4 is 10.6 Å². The second-order valence-electron chi connectivity index (χ2n) is 4.80. The Kier molecular flexibility index (Phi) is 7.70. The number of guanidine groups is 1. The first-order chi connectivity index (χ1) is 8.20. The highest BCUT2D eigenvalue weighted by atomic mass is 32.2. The van der Waals surface area contributed by atoms with Crippen LogP contribution in [0.25, 0.3) is 0 Å². The van der Waals surface area contributed by atoms with Gasteiger partial charge in [-0.25, -0.2) is 8.42 Å². The standard InChI is InChI=1S/C11H25N3O2S2/c1-11(2,17-4)9-14-10(12-3)13-7-6-8-18(5,15)16/h6-9H2,1-5H3,(H2,12,13,14). The molecule has 0 aliphatic rings. The van der Waals surface area contributed by atoms with Crippen LogP contribution >= 0.6 is 11.8 Å². The maximum absolute atomic E-state index is 11.0. The number of hydrogen-bond donors (Lipinski definition) is 2. The first-order valence-electron chi connectivity index (χ1n) is 5.87. The lowest BCUT2D eigenvalue weighted by molar-refractivity contribution is 0.598. The van der Waals surface area contributed by atoms with Gasteiger partial charge in [0.15, 0.2) is 5.96 Å². The van der Waals surface area contributed by atoms with Gasteiger partial charge in [0.05, 0.1) is 5.75 Å². The van der Waals surface area contributed by atoms with Crippen molar-refractivity contribution >= 4 is 27.6 Å². The van der Waals surface area contributed by atoms with Crippen molar-refractivity contribution in [1.82, 2.24) is 10.6 Å². The summed E-state index contributed by atoms with van der Waals surface area (Å²) in [6.07, 6.45) is 3.91. The van der Waals surface area contributed by atoms with E-state index in [0.717, 1.165) is 6.54 Å². The molecule has 0 aliphatic heterocycles. The van der Waals surface area contributed by atoms with Crippen LogP contribution in [0, 0.1) is 0 Å². The number of rotatable bonds is 7. The number of hydrogen-bond acceptors (Lipinski definition) is 4. The third-order valence-corrected chi connectivity index (χ3v) is 4.72. The molecule has 0 saturated heterocycles. The lowest BCUT2D eigenvalue weighted by Crippen LogP contribution is -2.43. The number of aliphatic imine (C=N–C) groups is 1. The Hall–Kier alpha value is -0.430. The van der Waals surface area contributed by atoms with E-state index in [0.29, 0.717) is 18.9 Å². The summed E-state index contributed by atoms with van der Waals surface area (Å²) in [6, 6.07) is 0. The Bertz CT molecular complexity index is 364. The predicted molar refractivity (Wildman–Crippen MR) is 81.3 cm³/mol. The molecule has 0 aromatic rings. The maximum atomic E-state index is 11.0. The zero-order valence-electron chi connectivity index (χ0n) is 11.9. The van der Waals surface area contributed by atoms with Crippen molar-refractivity contribution in [2.24, 2.45) is 4.99 Å². The molecule has 0 fully saturated rings. The molecule has 0 heterocycles. The normalized spacial score (nSPS) is 13.5. The summed E-state index contributed by atoms with van der Waals surface area (Å²) in [6.45, 7) is 5.72. The van der Waals surface area contributed by atoms with E-state index < -0.39 is 9.84 Å². The Labute approximate surface area is 115 Å². The Morgan fingerprint density at radius 1 is 1.33 bits per heavy atom. The third-order valence-electron chi connectivity index (χ3n) is 2.44. The lowest BCUT2D eigenvalue weighted by atomic mass is 10.2. The molecule has 0 spiro atoms. The number of nitrogens with one attached hydrogen (secondary N) is 2. The van der Waals surface area contributed by atoms with E-state index in [2.05, 4.69) is 35.7 Å². The van der Waals surface area contributed by atoms with Crippen LogP contribution in [0.1, 0.15) is 20.3 Å². The summed E-state index contributed by atoms with van der Waals surface area (Å²) in [5.41, 5.74) is 0. The SMILES string of the molecule is CN=C(NCCCS(C)(=O)=O)NCC(C)(C)SC. The molecule has 0 unspecified atom stereocenters. The van der Waals surface area contributed by atoms with Gasteiger partial charge in [-0.05, 0) is 26.5 Å². The zero-order chi connectivity index (χ0) is 14.2. The van der Waals surface area contributed by atoms with Crippen LogP contribution in [0.3, 0.4) is 0 Å². The second-order valence-corrected chi connectivity index (χ2v) is 8.57. The number of nitrogens with zero attached hydrogens (tertiary/aromatic N) is 1. The van der Waals surface area contributed by atoms with E-state index in [-0.39, 0.29) is 10.5 Å². The predicted octanol–water partition coefficient (Wildman–Crippen LogP) is 0.728. The van der Waals surface area contributed by atoms with Crippen molar-refractivity contribution in [3.8, 4) is 0 Å². The fraction of sp³-hybridized carbons (Fsp3) is 0.909. The lowest BCUT2D eigenvalue weighted by Gasteiger charge is -2.23. The van der Waals surface area contributed by atoms with Crippen molar-refractivity contribution < 1.29 is 8.42 Å². The van der Waals surface area contributed by atoms with Gasteiger partial charge in [-0.3, -0.25) is 4.99 Å². The van der Waals surface area contributed by atoms with Gasteiger partial charge in [0.1, 0.15) is 9.84 Å². The highest BCUT2D eigenvalue weighted by Crippen LogP contribution is 2.19. The first-order valence-corrected chi connectivity index (χ1v) is 9.16. The number of thioether (sulfide) groups is 1. The summed E-state index contributed by atoms with van der Waals surface area (Å²) >= 11 is 1.79. The van der Waals surface area contributed by atoms with Crippen LogP contribution in [-0.2, 0) is 9.84 Å². The topological polar surface area (TPSA) is 70.6 Å². The summed E-state index contributed by atoms with van der Waals surface area (Å²) in [7, 11) is -1.17. The third kappa shape index (κ3) is 9.58. The van der Waals surface area contributed by atoms with E-state index in [4.69, 9.17) is 0 Å². The Balaban J connectivity index is 3.93. The first kappa shape index (κ1) is 17.6. The second kappa shape index (κ2) is 7.89. The fourth-order valence-corrected chi connectivity index (χ4v) is 2.02. The van der Waals surface area contributed by atoms with Gasteiger partial charge in [0.25, 0.3) is 0 Å². The van der Waals surface area contributed by atoms with Crippen LogP contribution in [-0.4, -0.2) is 57.5 Å². The van der Waals surface area contributed by atoms with Crippen LogP contribution in [0.2, 0.25) is 0 Å². The van der Waals surface area contributed by atoms with E-state index in [9.17, 15) is 8.42 Å². The number of sulfone groups is 1. The molecule has 2 N–H and O–H groups in total. The molecule has 0 amide bonds. The molecule has 0 saturated carbocycles. The van der Waals surface area contributed by atoms with E-state index in [1.54, 1.807) is 18.8 Å². The molecule has 7 heteroatoms. The van der Waals surface area contributed by atoms with E-state index in [1.807, 2.05) is 0 Å². The van der Waals surface area contributed by atoms with Crippen molar-refractivity contribution in [2.45, 2.75) is 25.0 Å². The van der Waals surface area contributed by atoms with Crippen molar-refractivity contribution in [1.29, 1.82) is 0 Å². The van der Waals surface area contributed by atoms with Gasteiger partial charge in [0.2, 0.25) is 0 Å². The van der Waals surface area contributed by atoms with Crippen LogP contribution in [0.15, 0.2) is 4.99 Å². The van der Waals surface area contributed by atoms with Gasteiger partial charge in [-0.15, -0.1) is 0 Å². The molecule has 0 bridgehead atoms. The van der Waals surface area contributed by atoms with Crippen LogP contribution in [0.4, 0.5) is 0 Å². The van der Waals surface area contributed by atoms with E-state index >= 15 is 0 Å². The summed E-state index contributed by atoms with van der Waals surface area (Å²) in [5, 5.41) is 6.33. The molecule has 0 rings (SSSR count). The van der Waals surface area contributed by atoms with Crippen molar-refractivity contribution in [3.63, 3.8) is 0 Å². The minimum atomic E-state index is -2.87. The molecule has 18 heavy (non-hydrogen) atoms. The summed E-state index contributed by atoms with van der Waals surface area (Å²) < 4.78 is 22.1. The van der Waals surface area contributed by atoms with Gasteiger partial charge in [0, 0.05) is 31.1 Å². The van der Waals surface area contributed by atoms with Gasteiger partial charge in [-0.2, -0.15) is 11.8 Å². The Morgan fingerprint density at radius 3 is 2.39 bits per heavy atom. The highest BCUT2D eigenvalue weighted by molar-refractivity contribution is 7.99. The average Bonchev–Trinajstić information content (AvgIpc) is 2.27. The molecular formula is C11H25N3O2S2. The molecule has 5 nitrogen and oxygen atoms in total. The molecule has 108 valence electrons. The monoisotopic (exact) mass is 295 g/mol. The smallest absolute Gasteiger partial charge is 0.191 e. The van der Waals surface area contributed by atoms with Gasteiger partial charge in [-0.1, -0.05) is 0 Å². The molecule has 0 radical (unpaired) electrons. The Morgan fingerprint density at radius 2 is 1.94 bits per heavy atom. The largest absolute Gasteiger partial charge is 0.356 e. The van der Waals surface area contributed by atoms with Gasteiger partial charge >= 0.3 is 0 Å². The fourth-order valence-electron chi connectivity index (χ4n) is 1.13. The summed E-state index contributed by atoms with van der Waals surface area (Å²) in [5.74, 6) is 0.915. The van der Waals surface area contributed by atoms with Crippen LogP contribution in [0.5, 0.6) is 0 Å². The van der Waals surface area contributed by atoms with Crippen molar-refractivity contribution in [2.75, 3.05) is 38.4 Å². The summed E-state index contributed by atoms with van der Waals surface area (Å²) in [4.78, 5) is 4.10. The highest BCUT2D eigenvalue weighted by Gasteiger charge is 2.15.